The molecule has 0 saturated heterocycles. The molecule has 2 heterocycles. The lowest BCUT2D eigenvalue weighted by Gasteiger charge is -2.25. The van der Waals surface area contributed by atoms with Gasteiger partial charge in [0.15, 0.2) is 5.65 Å². The van der Waals surface area contributed by atoms with E-state index in [0.717, 1.165) is 30.5 Å². The van der Waals surface area contributed by atoms with Crippen molar-refractivity contribution in [2.24, 2.45) is 0 Å². The molecule has 4 aromatic rings. The molecule has 2 amide bonds. The molecule has 0 spiro atoms. The zero-order valence-electron chi connectivity index (χ0n) is 23.8. The molecule has 2 N–H and O–H groups in total. The van der Waals surface area contributed by atoms with E-state index in [1.54, 1.807) is 33.0 Å². The van der Waals surface area contributed by atoms with E-state index in [0.29, 0.717) is 23.1 Å². The minimum absolute atomic E-state index is 0.0914. The Morgan fingerprint density at radius 3 is 2.42 bits per heavy atom. The van der Waals surface area contributed by atoms with Crippen molar-refractivity contribution >= 4 is 23.2 Å². The van der Waals surface area contributed by atoms with Gasteiger partial charge >= 0.3 is 12.3 Å². The highest BCUT2D eigenvalue weighted by Crippen LogP contribution is 2.51. The van der Waals surface area contributed by atoms with Crippen LogP contribution in [0.5, 0.6) is 0 Å². The van der Waals surface area contributed by atoms with Crippen molar-refractivity contribution in [2.75, 3.05) is 0 Å². The van der Waals surface area contributed by atoms with E-state index < -0.39 is 53.2 Å². The fourth-order valence-corrected chi connectivity index (χ4v) is 5.19. The minimum Gasteiger partial charge on any atom is -0.444 e. The third kappa shape index (κ3) is 6.63. The molecule has 5 rings (SSSR count). The largest absolute Gasteiger partial charge is 0.444 e. The summed E-state index contributed by atoms with van der Waals surface area (Å²) in [5.41, 5.74) is -0.602. The maximum absolute atomic E-state index is 13.7. The zero-order valence-corrected chi connectivity index (χ0v) is 23.8. The molecule has 1 fully saturated rings. The molecular formula is C31H31F4N5O3. The SMILES string of the molecule is CC(C)(C)OC(=O)NC(Cc1ccc(F)cc1C(F)(F)F)C(=O)NCc1nc2cccnc2n1C1(c2ccccc2)CC1. The van der Waals surface area contributed by atoms with Gasteiger partial charge in [0.25, 0.3) is 0 Å². The number of alkyl halides is 3. The van der Waals surface area contributed by atoms with E-state index in [-0.39, 0.29) is 12.1 Å². The quantitative estimate of drug-likeness (QED) is 0.247. The smallest absolute Gasteiger partial charge is 0.416 e. The van der Waals surface area contributed by atoms with E-state index in [9.17, 15) is 27.2 Å². The van der Waals surface area contributed by atoms with Crippen LogP contribution in [0.4, 0.5) is 22.4 Å². The fraction of sp³-hybridized carbons (Fsp3) is 0.355. The predicted molar refractivity (Wildman–Crippen MR) is 150 cm³/mol. The number of nitrogens with one attached hydrogen (secondary N) is 2. The van der Waals surface area contributed by atoms with Gasteiger partial charge in [0.1, 0.15) is 28.8 Å². The van der Waals surface area contributed by atoms with Crippen LogP contribution in [-0.4, -0.2) is 38.2 Å². The summed E-state index contributed by atoms with van der Waals surface area (Å²) < 4.78 is 62.2. The summed E-state index contributed by atoms with van der Waals surface area (Å²) in [6, 6.07) is 14.1. The molecule has 1 aliphatic carbocycles. The Hall–Kier alpha value is -4.48. The van der Waals surface area contributed by atoms with Crippen LogP contribution in [0.2, 0.25) is 0 Å². The number of benzene rings is 2. The van der Waals surface area contributed by atoms with Crippen LogP contribution in [0.25, 0.3) is 11.2 Å². The standard InChI is InChI=1S/C31H31F4N5O3/c1-29(2,3)43-28(42)39-24(16-19-11-12-21(32)17-22(19)31(33,34)35)27(41)37-18-25-38-23-10-7-15-36-26(23)40(25)30(13-14-30)20-8-5-4-6-9-20/h4-12,15,17,24H,13-14,16,18H2,1-3H3,(H,37,41)(H,39,42). The molecule has 2 aromatic carbocycles. The lowest BCUT2D eigenvalue weighted by Crippen LogP contribution is -2.49. The van der Waals surface area contributed by atoms with Crippen molar-refractivity contribution in [3.8, 4) is 0 Å². The summed E-state index contributed by atoms with van der Waals surface area (Å²) in [4.78, 5) is 35.4. The second kappa shape index (κ2) is 11.3. The van der Waals surface area contributed by atoms with E-state index in [4.69, 9.17) is 9.72 Å². The van der Waals surface area contributed by atoms with Crippen LogP contribution < -0.4 is 10.6 Å². The van der Waals surface area contributed by atoms with Crippen molar-refractivity contribution in [1.29, 1.82) is 0 Å². The number of alkyl carbamates (subject to hydrolysis) is 1. The normalized spacial score (nSPS) is 15.1. The minimum atomic E-state index is -4.88. The number of ether oxygens (including phenoxy) is 1. The number of hydrogen-bond donors (Lipinski definition) is 2. The maximum Gasteiger partial charge on any atom is 0.416 e. The van der Waals surface area contributed by atoms with Gasteiger partial charge in [-0.15, -0.1) is 0 Å². The van der Waals surface area contributed by atoms with Gasteiger partial charge in [-0.1, -0.05) is 36.4 Å². The number of rotatable bonds is 8. The molecule has 43 heavy (non-hydrogen) atoms. The third-order valence-electron chi connectivity index (χ3n) is 7.18. The monoisotopic (exact) mass is 597 g/mol. The second-order valence-corrected chi connectivity index (χ2v) is 11.5. The number of fused-ring (bicyclic) bond motifs is 1. The molecule has 0 bridgehead atoms. The van der Waals surface area contributed by atoms with Crippen molar-refractivity contribution in [1.82, 2.24) is 25.2 Å². The molecule has 1 unspecified atom stereocenters. The lowest BCUT2D eigenvalue weighted by molar-refractivity contribution is -0.138. The van der Waals surface area contributed by atoms with Gasteiger partial charge in [0, 0.05) is 12.6 Å². The average Bonchev–Trinajstić information content (AvgIpc) is 3.65. The van der Waals surface area contributed by atoms with Crippen molar-refractivity contribution < 1.29 is 31.9 Å². The van der Waals surface area contributed by atoms with E-state index in [1.807, 2.05) is 41.0 Å². The van der Waals surface area contributed by atoms with Gasteiger partial charge < -0.3 is 19.9 Å². The molecule has 1 aliphatic rings. The number of hydrogen-bond acceptors (Lipinski definition) is 5. The van der Waals surface area contributed by atoms with Crippen LogP contribution in [0.1, 0.15) is 56.1 Å². The number of pyridine rings is 1. The zero-order chi connectivity index (χ0) is 31.0. The fourth-order valence-electron chi connectivity index (χ4n) is 5.19. The number of imidazole rings is 1. The van der Waals surface area contributed by atoms with Gasteiger partial charge in [-0.2, -0.15) is 13.2 Å². The predicted octanol–water partition coefficient (Wildman–Crippen LogP) is 5.88. The first kappa shape index (κ1) is 30.0. The van der Waals surface area contributed by atoms with Gasteiger partial charge in [-0.25, -0.2) is 19.2 Å². The maximum atomic E-state index is 13.7. The first-order chi connectivity index (χ1) is 20.3. The van der Waals surface area contributed by atoms with Crippen molar-refractivity contribution in [3.63, 3.8) is 0 Å². The Bertz CT molecular complexity index is 1640. The number of aromatic nitrogens is 3. The van der Waals surface area contributed by atoms with Crippen LogP contribution >= 0.6 is 0 Å². The van der Waals surface area contributed by atoms with Crippen molar-refractivity contribution in [3.05, 3.63) is 95.2 Å². The van der Waals surface area contributed by atoms with Gasteiger partial charge in [-0.3, -0.25) is 4.79 Å². The molecule has 8 nitrogen and oxygen atoms in total. The Labute approximate surface area is 245 Å². The van der Waals surface area contributed by atoms with Gasteiger partial charge in [0.05, 0.1) is 17.6 Å². The lowest BCUT2D eigenvalue weighted by atomic mass is 9.99. The summed E-state index contributed by atoms with van der Waals surface area (Å²) in [7, 11) is 0. The van der Waals surface area contributed by atoms with E-state index in [2.05, 4.69) is 15.6 Å². The number of amides is 2. The van der Waals surface area contributed by atoms with Gasteiger partial charge in [-0.05, 0) is 69.0 Å². The Kier molecular flexibility index (Phi) is 7.89. The van der Waals surface area contributed by atoms with Gasteiger partial charge in [0.2, 0.25) is 5.91 Å². The molecule has 0 radical (unpaired) electrons. The molecule has 226 valence electrons. The Balaban J connectivity index is 1.45. The third-order valence-corrected chi connectivity index (χ3v) is 7.18. The highest BCUT2D eigenvalue weighted by atomic mass is 19.4. The number of carbonyl (C=O) groups excluding carboxylic acids is 2. The van der Waals surface area contributed by atoms with Crippen molar-refractivity contribution in [2.45, 2.75) is 69.9 Å². The van der Waals surface area contributed by atoms with Crippen LogP contribution in [0.3, 0.4) is 0 Å². The summed E-state index contributed by atoms with van der Waals surface area (Å²) in [6.45, 7) is 4.75. The summed E-state index contributed by atoms with van der Waals surface area (Å²) in [6.07, 6.45) is -3.11. The second-order valence-electron chi connectivity index (χ2n) is 11.5. The van der Waals surface area contributed by atoms with Crippen LogP contribution in [0.15, 0.2) is 66.9 Å². The average molecular weight is 598 g/mol. The molecular weight excluding hydrogens is 566 g/mol. The van der Waals surface area contributed by atoms with E-state index >= 15 is 0 Å². The Morgan fingerprint density at radius 1 is 1.05 bits per heavy atom. The topological polar surface area (TPSA) is 98.1 Å². The number of halogens is 4. The van der Waals surface area contributed by atoms with E-state index in [1.165, 1.54) is 0 Å². The van der Waals surface area contributed by atoms with Crippen LogP contribution in [-0.2, 0) is 34.2 Å². The molecule has 12 heteroatoms. The number of carbonyl (C=O) groups is 2. The summed E-state index contributed by atoms with van der Waals surface area (Å²) in [5.74, 6) is -1.34. The summed E-state index contributed by atoms with van der Waals surface area (Å²) in [5, 5.41) is 5.12. The highest BCUT2D eigenvalue weighted by molar-refractivity contribution is 5.86. The number of nitrogens with zero attached hydrogens (tertiary/aromatic N) is 3. The Morgan fingerprint density at radius 2 is 1.77 bits per heavy atom. The molecule has 1 saturated carbocycles. The first-order valence-electron chi connectivity index (χ1n) is 13.8. The molecule has 1 atom stereocenters. The molecule has 2 aromatic heterocycles. The summed E-state index contributed by atoms with van der Waals surface area (Å²) >= 11 is 0. The molecule has 0 aliphatic heterocycles. The van der Waals surface area contributed by atoms with Crippen LogP contribution in [0, 0.1) is 5.82 Å². The highest BCUT2D eigenvalue weighted by Gasteiger charge is 2.48. The first-order valence-corrected chi connectivity index (χ1v) is 13.8.